The van der Waals surface area contributed by atoms with E-state index in [2.05, 4.69) is 11.1 Å². The fourth-order valence-corrected chi connectivity index (χ4v) is 3.22. The lowest BCUT2D eigenvalue weighted by molar-refractivity contribution is 0.0740. The molecule has 8 heteroatoms. The number of halogens is 2. The second-order valence-electron chi connectivity index (χ2n) is 6.50. The summed E-state index contributed by atoms with van der Waals surface area (Å²) >= 11 is 5.74. The van der Waals surface area contributed by atoms with E-state index < -0.39 is 5.82 Å². The topological polar surface area (TPSA) is 73.4 Å². The quantitative estimate of drug-likeness (QED) is 0.825. The largest absolute Gasteiger partial charge is 0.423 e. The first-order valence-corrected chi connectivity index (χ1v) is 8.84. The molecule has 1 aliphatic heterocycles. The van der Waals surface area contributed by atoms with Crippen LogP contribution in [0, 0.1) is 17.1 Å². The van der Waals surface area contributed by atoms with Gasteiger partial charge in [0, 0.05) is 37.1 Å². The lowest BCUT2D eigenvalue weighted by Gasteiger charge is -2.34. The van der Waals surface area contributed by atoms with Gasteiger partial charge in [-0.15, -0.1) is 0 Å². The molecule has 0 radical (unpaired) electrons. The summed E-state index contributed by atoms with van der Waals surface area (Å²) in [4.78, 5) is 20.3. The van der Waals surface area contributed by atoms with Gasteiger partial charge in [-0.05, 0) is 31.0 Å². The predicted octanol–water partition coefficient (Wildman–Crippen LogP) is 3.18. The van der Waals surface area contributed by atoms with Crippen LogP contribution in [0.1, 0.15) is 40.7 Å². The van der Waals surface area contributed by atoms with Gasteiger partial charge in [-0.3, -0.25) is 4.79 Å². The van der Waals surface area contributed by atoms with Crippen molar-refractivity contribution in [3.63, 3.8) is 0 Å². The highest BCUT2D eigenvalue weighted by atomic mass is 35.5. The van der Waals surface area contributed by atoms with Gasteiger partial charge in [0.15, 0.2) is 0 Å². The molecule has 0 bridgehead atoms. The first-order valence-electron chi connectivity index (χ1n) is 8.47. The van der Waals surface area contributed by atoms with Crippen molar-refractivity contribution in [2.45, 2.75) is 18.8 Å². The van der Waals surface area contributed by atoms with Crippen LogP contribution in [0.2, 0.25) is 5.02 Å². The molecule has 6 nitrogen and oxygen atoms in total. The van der Waals surface area contributed by atoms with Crippen molar-refractivity contribution in [3.05, 3.63) is 46.2 Å². The summed E-state index contributed by atoms with van der Waals surface area (Å²) in [5, 5.41) is 9.54. The highest BCUT2D eigenvalue weighted by molar-refractivity contribution is 6.30. The minimum atomic E-state index is -0.624. The maximum absolute atomic E-state index is 14.0. The van der Waals surface area contributed by atoms with Crippen LogP contribution in [-0.4, -0.2) is 42.0 Å². The Hall–Kier alpha value is -2.59. The molecule has 2 aromatic rings. The summed E-state index contributed by atoms with van der Waals surface area (Å²) in [5.41, 5.74) is 0.298. The van der Waals surface area contributed by atoms with Crippen molar-refractivity contribution in [3.8, 4) is 6.07 Å². The number of benzene rings is 1. The molecular weight excluding hydrogens is 359 g/mol. The number of hydrogen-bond donors (Lipinski definition) is 0. The van der Waals surface area contributed by atoms with E-state index in [0.29, 0.717) is 43.9 Å². The predicted molar refractivity (Wildman–Crippen MR) is 92.7 cm³/mol. The number of oxazole rings is 1. The van der Waals surface area contributed by atoms with Crippen LogP contribution in [0.15, 0.2) is 22.6 Å². The zero-order chi connectivity index (χ0) is 18.3. The van der Waals surface area contributed by atoms with Crippen molar-refractivity contribution in [1.82, 2.24) is 9.88 Å². The third-order valence-electron chi connectivity index (χ3n) is 4.67. The minimum absolute atomic E-state index is 0.0104. The summed E-state index contributed by atoms with van der Waals surface area (Å²) in [7, 11) is 0. The molecule has 2 aliphatic rings. The number of rotatable bonds is 3. The Morgan fingerprint density at radius 3 is 2.65 bits per heavy atom. The average molecular weight is 375 g/mol. The number of piperazine rings is 1. The maximum Gasteiger partial charge on any atom is 0.256 e. The summed E-state index contributed by atoms with van der Waals surface area (Å²) in [6, 6.07) is 6.12. The molecule has 1 amide bonds. The zero-order valence-corrected chi connectivity index (χ0v) is 14.7. The van der Waals surface area contributed by atoms with Crippen LogP contribution in [0.25, 0.3) is 0 Å². The van der Waals surface area contributed by atoms with Crippen LogP contribution < -0.4 is 4.90 Å². The van der Waals surface area contributed by atoms with E-state index in [1.165, 1.54) is 12.1 Å². The van der Waals surface area contributed by atoms with E-state index in [9.17, 15) is 14.4 Å². The summed E-state index contributed by atoms with van der Waals surface area (Å²) in [5.74, 6) is 0.431. The van der Waals surface area contributed by atoms with E-state index in [1.54, 1.807) is 4.90 Å². The molecule has 26 heavy (non-hydrogen) atoms. The van der Waals surface area contributed by atoms with Crippen LogP contribution in [-0.2, 0) is 0 Å². The summed E-state index contributed by atoms with van der Waals surface area (Å²) < 4.78 is 19.8. The third kappa shape index (κ3) is 3.13. The van der Waals surface area contributed by atoms with Crippen LogP contribution in [0.3, 0.4) is 0 Å². The Labute approximate surface area is 154 Å². The van der Waals surface area contributed by atoms with Gasteiger partial charge in [0.05, 0.1) is 5.56 Å². The molecule has 1 aliphatic carbocycles. The Morgan fingerprint density at radius 2 is 2.04 bits per heavy atom. The normalized spacial score (nSPS) is 17.3. The molecule has 2 heterocycles. The molecule has 1 aromatic carbocycles. The Morgan fingerprint density at radius 1 is 1.31 bits per heavy atom. The summed E-state index contributed by atoms with van der Waals surface area (Å²) in [6.45, 7) is 1.81. The Kier molecular flexibility index (Phi) is 4.29. The number of carbonyl (C=O) groups is 1. The van der Waals surface area contributed by atoms with Crippen LogP contribution in [0.4, 0.5) is 10.3 Å². The van der Waals surface area contributed by atoms with Gasteiger partial charge in [0.2, 0.25) is 17.5 Å². The Balaban J connectivity index is 1.46. The molecule has 1 saturated carbocycles. The van der Waals surface area contributed by atoms with Gasteiger partial charge in [-0.1, -0.05) is 11.6 Å². The van der Waals surface area contributed by atoms with Crippen molar-refractivity contribution in [2.75, 3.05) is 31.1 Å². The molecule has 0 spiro atoms. The molecular formula is C18H16ClFN4O2. The second kappa shape index (κ2) is 6.61. The molecule has 4 rings (SSSR count). The van der Waals surface area contributed by atoms with Gasteiger partial charge in [0.1, 0.15) is 11.9 Å². The van der Waals surface area contributed by atoms with E-state index in [0.717, 1.165) is 18.9 Å². The van der Waals surface area contributed by atoms with Gasteiger partial charge in [-0.2, -0.15) is 5.26 Å². The standard InChI is InChI=1S/C18H16ClFN4O2/c19-12-3-4-13(14(20)9-12)17(25)23-5-7-24(8-6-23)18-15(10-21)22-16(26-18)11-1-2-11/h3-4,9,11H,1-2,5-8H2. The van der Waals surface area contributed by atoms with E-state index in [-0.39, 0.29) is 22.2 Å². The molecule has 1 saturated heterocycles. The zero-order valence-electron chi connectivity index (χ0n) is 13.9. The fourth-order valence-electron chi connectivity index (χ4n) is 3.07. The Bertz CT molecular complexity index is 895. The van der Waals surface area contributed by atoms with Crippen LogP contribution >= 0.6 is 11.6 Å². The smallest absolute Gasteiger partial charge is 0.256 e. The number of anilines is 1. The van der Waals surface area contributed by atoms with Gasteiger partial charge < -0.3 is 14.2 Å². The number of carbonyl (C=O) groups excluding carboxylic acids is 1. The molecule has 0 unspecified atom stereocenters. The molecule has 0 N–H and O–H groups in total. The van der Waals surface area contributed by atoms with Gasteiger partial charge >= 0.3 is 0 Å². The summed E-state index contributed by atoms with van der Waals surface area (Å²) in [6.07, 6.45) is 2.08. The van der Waals surface area contributed by atoms with Crippen molar-refractivity contribution < 1.29 is 13.6 Å². The van der Waals surface area contributed by atoms with Crippen molar-refractivity contribution in [1.29, 1.82) is 5.26 Å². The second-order valence-corrected chi connectivity index (χ2v) is 6.93. The number of nitrogens with zero attached hydrogens (tertiary/aromatic N) is 4. The molecule has 0 atom stereocenters. The highest BCUT2D eigenvalue weighted by Gasteiger charge is 2.33. The molecule has 2 fully saturated rings. The third-order valence-corrected chi connectivity index (χ3v) is 4.91. The van der Waals surface area contributed by atoms with E-state index in [1.807, 2.05) is 4.90 Å². The maximum atomic E-state index is 14.0. The lowest BCUT2D eigenvalue weighted by atomic mass is 10.1. The first kappa shape index (κ1) is 16.9. The van der Waals surface area contributed by atoms with Crippen molar-refractivity contribution >= 4 is 23.4 Å². The monoisotopic (exact) mass is 374 g/mol. The minimum Gasteiger partial charge on any atom is -0.423 e. The number of hydrogen-bond acceptors (Lipinski definition) is 5. The number of aromatic nitrogens is 1. The lowest BCUT2D eigenvalue weighted by Crippen LogP contribution is -2.49. The number of nitriles is 1. The van der Waals surface area contributed by atoms with Crippen molar-refractivity contribution in [2.24, 2.45) is 0 Å². The number of amides is 1. The molecule has 134 valence electrons. The molecule has 1 aromatic heterocycles. The fraction of sp³-hybridized carbons (Fsp3) is 0.389. The van der Waals surface area contributed by atoms with Gasteiger partial charge in [-0.25, -0.2) is 9.37 Å². The average Bonchev–Trinajstić information content (AvgIpc) is 3.40. The van der Waals surface area contributed by atoms with E-state index in [4.69, 9.17) is 16.0 Å². The van der Waals surface area contributed by atoms with Crippen LogP contribution in [0.5, 0.6) is 0 Å². The first-order chi connectivity index (χ1) is 12.6. The van der Waals surface area contributed by atoms with E-state index >= 15 is 0 Å². The van der Waals surface area contributed by atoms with Gasteiger partial charge in [0.25, 0.3) is 5.91 Å². The SMILES string of the molecule is N#Cc1nc(C2CC2)oc1N1CCN(C(=O)c2ccc(Cl)cc2F)CC1. The highest BCUT2D eigenvalue weighted by Crippen LogP contribution is 2.41.